The van der Waals surface area contributed by atoms with Crippen LogP contribution in [-0.2, 0) is 9.53 Å². The summed E-state index contributed by atoms with van der Waals surface area (Å²) >= 11 is 0. The summed E-state index contributed by atoms with van der Waals surface area (Å²) in [6.45, 7) is 11.1. The van der Waals surface area contributed by atoms with Gasteiger partial charge in [0.1, 0.15) is 12.2 Å². The van der Waals surface area contributed by atoms with Crippen LogP contribution < -0.4 is 10.1 Å². The molecule has 7 nitrogen and oxygen atoms in total. The second kappa shape index (κ2) is 7.43. The van der Waals surface area contributed by atoms with E-state index in [0.29, 0.717) is 31.5 Å². The number of pyridine rings is 1. The molecule has 0 aromatic carbocycles. The van der Waals surface area contributed by atoms with Crippen LogP contribution in [0.25, 0.3) is 0 Å². The molecule has 3 fully saturated rings. The van der Waals surface area contributed by atoms with E-state index in [1.165, 1.54) is 18.4 Å². The summed E-state index contributed by atoms with van der Waals surface area (Å²) < 4.78 is 11.4. The highest BCUT2D eigenvalue weighted by molar-refractivity contribution is 5.84. The molecular formula is C23H33N3O4. The van der Waals surface area contributed by atoms with Gasteiger partial charge in [0.05, 0.1) is 5.54 Å². The van der Waals surface area contributed by atoms with Crippen LogP contribution in [0.1, 0.15) is 58.9 Å². The second-order valence-electron chi connectivity index (χ2n) is 10.6. The maximum Gasteiger partial charge on any atom is 0.410 e. The van der Waals surface area contributed by atoms with E-state index in [0.717, 1.165) is 0 Å². The van der Waals surface area contributed by atoms with Crippen molar-refractivity contribution in [2.24, 2.45) is 17.8 Å². The van der Waals surface area contributed by atoms with E-state index < -0.39 is 11.1 Å². The van der Waals surface area contributed by atoms with Gasteiger partial charge in [-0.3, -0.25) is 4.79 Å². The van der Waals surface area contributed by atoms with Crippen molar-refractivity contribution in [3.63, 3.8) is 0 Å². The number of nitrogens with zero attached hydrogens (tertiary/aromatic N) is 2. The number of carbonyl (C=O) groups is 2. The van der Waals surface area contributed by atoms with Crippen molar-refractivity contribution in [1.82, 2.24) is 15.2 Å². The van der Waals surface area contributed by atoms with Crippen LogP contribution in [0.15, 0.2) is 18.3 Å². The fourth-order valence-corrected chi connectivity index (χ4v) is 4.32. The Kier molecular flexibility index (Phi) is 5.19. The molecule has 2 aliphatic carbocycles. The maximum absolute atomic E-state index is 12.8. The molecule has 1 unspecified atom stereocenters. The molecule has 7 heteroatoms. The normalized spacial score (nSPS) is 25.5. The first-order valence-corrected chi connectivity index (χ1v) is 10.9. The van der Waals surface area contributed by atoms with E-state index in [9.17, 15) is 9.59 Å². The van der Waals surface area contributed by atoms with Crippen molar-refractivity contribution in [2.45, 2.75) is 64.5 Å². The molecule has 0 radical (unpaired) electrons. The van der Waals surface area contributed by atoms with Crippen LogP contribution in [0.3, 0.4) is 0 Å². The third kappa shape index (κ3) is 4.71. The van der Waals surface area contributed by atoms with Crippen LogP contribution in [0.2, 0.25) is 0 Å². The highest BCUT2D eigenvalue weighted by Crippen LogP contribution is 2.52. The van der Waals surface area contributed by atoms with Gasteiger partial charge >= 0.3 is 6.09 Å². The first kappa shape index (κ1) is 20.9. The lowest BCUT2D eigenvalue weighted by Gasteiger charge is -2.28. The Morgan fingerprint density at radius 3 is 2.43 bits per heavy atom. The number of piperidine rings is 1. The van der Waals surface area contributed by atoms with Crippen LogP contribution in [0, 0.1) is 17.8 Å². The summed E-state index contributed by atoms with van der Waals surface area (Å²) in [4.78, 5) is 31.1. The molecule has 1 N–H and O–H groups in total. The number of hydrogen-bond acceptors (Lipinski definition) is 5. The summed E-state index contributed by atoms with van der Waals surface area (Å²) in [5, 5.41) is 3.14. The Hall–Kier alpha value is -2.31. The molecule has 1 aliphatic heterocycles. The van der Waals surface area contributed by atoms with Gasteiger partial charge in [0, 0.05) is 30.8 Å². The highest BCUT2D eigenvalue weighted by Gasteiger charge is 2.61. The lowest BCUT2D eigenvalue weighted by Crippen LogP contribution is -2.49. The average molecular weight is 416 g/mol. The van der Waals surface area contributed by atoms with Crippen molar-refractivity contribution in [1.29, 1.82) is 0 Å². The fourth-order valence-electron chi connectivity index (χ4n) is 4.32. The summed E-state index contributed by atoms with van der Waals surface area (Å²) in [5.41, 5.74) is 0.160. The zero-order chi connectivity index (χ0) is 21.7. The molecule has 164 valence electrons. The lowest BCUT2D eigenvalue weighted by molar-refractivity contribution is -0.125. The number of hydrogen-bond donors (Lipinski definition) is 1. The van der Waals surface area contributed by atoms with Crippen molar-refractivity contribution in [3.05, 3.63) is 23.9 Å². The van der Waals surface area contributed by atoms with Gasteiger partial charge in [0.25, 0.3) is 0 Å². The van der Waals surface area contributed by atoms with E-state index in [1.54, 1.807) is 11.1 Å². The third-order valence-electron chi connectivity index (χ3n) is 6.00. The molecule has 4 rings (SSSR count). The Bertz CT molecular complexity index is 816. The van der Waals surface area contributed by atoms with E-state index in [1.807, 2.05) is 40.7 Å². The van der Waals surface area contributed by atoms with Gasteiger partial charge in [0.2, 0.25) is 11.8 Å². The SMILES string of the molecule is CC(C)(COc1ncccc1C1CC1)NC(=O)C1[C@H]2CN(C(=O)OC(C)(C)C)C[C@@H]12. The predicted octanol–water partition coefficient (Wildman–Crippen LogP) is 3.35. The Balaban J connectivity index is 1.25. The van der Waals surface area contributed by atoms with Crippen LogP contribution in [0.4, 0.5) is 4.79 Å². The molecule has 2 saturated carbocycles. The van der Waals surface area contributed by atoms with Gasteiger partial charge in [-0.1, -0.05) is 6.07 Å². The number of ether oxygens (including phenoxy) is 2. The van der Waals surface area contributed by atoms with Gasteiger partial charge in [-0.05, 0) is 71.3 Å². The Labute approximate surface area is 178 Å². The lowest BCUT2D eigenvalue weighted by atomic mass is 10.1. The molecule has 0 bridgehead atoms. The third-order valence-corrected chi connectivity index (χ3v) is 6.00. The van der Waals surface area contributed by atoms with Gasteiger partial charge in [0.15, 0.2) is 0 Å². The van der Waals surface area contributed by atoms with E-state index in [4.69, 9.17) is 9.47 Å². The molecule has 1 aromatic heterocycles. The van der Waals surface area contributed by atoms with Crippen molar-refractivity contribution in [2.75, 3.05) is 19.7 Å². The summed E-state index contributed by atoms with van der Waals surface area (Å²) in [5.74, 6) is 1.72. The number of rotatable bonds is 6. The minimum absolute atomic E-state index is 0.0279. The maximum atomic E-state index is 12.8. The molecule has 2 heterocycles. The molecule has 30 heavy (non-hydrogen) atoms. The monoisotopic (exact) mass is 415 g/mol. The first-order valence-electron chi connectivity index (χ1n) is 10.9. The topological polar surface area (TPSA) is 80.8 Å². The molecule has 1 saturated heterocycles. The van der Waals surface area contributed by atoms with Crippen LogP contribution in [0.5, 0.6) is 5.88 Å². The fraction of sp³-hybridized carbons (Fsp3) is 0.696. The van der Waals surface area contributed by atoms with Gasteiger partial charge in [-0.25, -0.2) is 9.78 Å². The van der Waals surface area contributed by atoms with E-state index in [2.05, 4.69) is 16.4 Å². The summed E-state index contributed by atoms with van der Waals surface area (Å²) in [7, 11) is 0. The Morgan fingerprint density at radius 2 is 1.83 bits per heavy atom. The second-order valence-corrected chi connectivity index (χ2v) is 10.6. The molecule has 0 spiro atoms. The minimum atomic E-state index is -0.503. The standard InChI is InChI=1S/C23H33N3O4/c1-22(2,3)30-21(28)26-11-16-17(12-26)18(16)19(27)25-23(4,5)13-29-20-15(14-8-9-14)7-6-10-24-20/h6-7,10,14,16-18H,8-9,11-13H2,1-5H3,(H,25,27)/t16-,17+,18?. The van der Waals surface area contributed by atoms with Gasteiger partial charge < -0.3 is 19.7 Å². The zero-order valence-corrected chi connectivity index (χ0v) is 18.6. The van der Waals surface area contributed by atoms with Gasteiger partial charge in [-0.2, -0.15) is 0 Å². The minimum Gasteiger partial charge on any atom is -0.475 e. The zero-order valence-electron chi connectivity index (χ0n) is 18.6. The largest absolute Gasteiger partial charge is 0.475 e. The Morgan fingerprint density at radius 1 is 1.17 bits per heavy atom. The first-order chi connectivity index (χ1) is 14.0. The highest BCUT2D eigenvalue weighted by atomic mass is 16.6. The number of aromatic nitrogens is 1. The summed E-state index contributed by atoms with van der Waals surface area (Å²) in [6, 6.07) is 4.02. The van der Waals surface area contributed by atoms with Gasteiger partial charge in [-0.15, -0.1) is 0 Å². The number of nitrogens with one attached hydrogen (secondary N) is 1. The van der Waals surface area contributed by atoms with Crippen LogP contribution >= 0.6 is 0 Å². The van der Waals surface area contributed by atoms with Crippen LogP contribution in [-0.4, -0.2) is 52.7 Å². The van der Waals surface area contributed by atoms with Crippen molar-refractivity contribution >= 4 is 12.0 Å². The number of carbonyl (C=O) groups excluding carboxylic acids is 2. The molecular weight excluding hydrogens is 382 g/mol. The van der Waals surface area contributed by atoms with Crippen molar-refractivity contribution in [3.8, 4) is 5.88 Å². The molecule has 2 amide bonds. The predicted molar refractivity (Wildman–Crippen MR) is 112 cm³/mol. The average Bonchev–Trinajstić information content (AvgIpc) is 3.56. The van der Waals surface area contributed by atoms with Crippen molar-refractivity contribution < 1.29 is 19.1 Å². The van der Waals surface area contributed by atoms with E-state index in [-0.39, 0.29) is 29.8 Å². The number of amides is 2. The molecule has 3 aliphatic rings. The molecule has 3 atom stereocenters. The molecule has 1 aromatic rings. The quantitative estimate of drug-likeness (QED) is 0.771. The van der Waals surface area contributed by atoms with E-state index >= 15 is 0 Å². The number of fused-ring (bicyclic) bond motifs is 1. The number of likely N-dealkylation sites (tertiary alicyclic amines) is 1. The smallest absolute Gasteiger partial charge is 0.410 e. The summed E-state index contributed by atoms with van der Waals surface area (Å²) in [6.07, 6.45) is 3.83.